The molecule has 0 radical (unpaired) electrons. The number of methoxy groups -OCH3 is 1. The van der Waals surface area contributed by atoms with Crippen molar-refractivity contribution in [1.82, 2.24) is 9.38 Å². The normalized spacial score (nSPS) is 11.0. The topological polar surface area (TPSA) is 52.5 Å². The summed E-state index contributed by atoms with van der Waals surface area (Å²) in [5.74, 6) is 0.872. The summed E-state index contributed by atoms with van der Waals surface area (Å²) in [5, 5.41) is 0. The van der Waals surface area contributed by atoms with Gasteiger partial charge in [-0.15, -0.1) is 0 Å². The Morgan fingerprint density at radius 3 is 2.64 bits per heavy atom. The van der Waals surface area contributed by atoms with Crippen molar-refractivity contribution in [2.24, 2.45) is 5.73 Å². The van der Waals surface area contributed by atoms with Crippen LogP contribution in [0.4, 0.5) is 0 Å². The van der Waals surface area contributed by atoms with E-state index >= 15 is 0 Å². The second kappa shape index (κ2) is 6.20. The van der Waals surface area contributed by atoms with Crippen LogP contribution in [0.3, 0.4) is 0 Å². The summed E-state index contributed by atoms with van der Waals surface area (Å²) < 4.78 is 7.38. The van der Waals surface area contributed by atoms with Crippen LogP contribution in [0.25, 0.3) is 5.65 Å². The molecule has 2 N–H and O–H groups in total. The van der Waals surface area contributed by atoms with Gasteiger partial charge in [0.25, 0.3) is 0 Å². The molecule has 0 unspecified atom stereocenters. The number of aromatic nitrogens is 2. The van der Waals surface area contributed by atoms with E-state index in [1.54, 1.807) is 7.11 Å². The first-order chi connectivity index (χ1) is 10.7. The van der Waals surface area contributed by atoms with Crippen LogP contribution in [0.15, 0.2) is 42.6 Å². The van der Waals surface area contributed by atoms with E-state index in [0.29, 0.717) is 6.54 Å². The van der Waals surface area contributed by atoms with Crippen LogP contribution in [0.5, 0.6) is 5.75 Å². The molecule has 0 bridgehead atoms. The third kappa shape index (κ3) is 2.70. The molecule has 0 aliphatic carbocycles. The summed E-state index contributed by atoms with van der Waals surface area (Å²) in [7, 11) is 1.68. The highest BCUT2D eigenvalue weighted by Crippen LogP contribution is 2.20. The molecule has 0 atom stereocenters. The van der Waals surface area contributed by atoms with Gasteiger partial charge < -0.3 is 14.9 Å². The van der Waals surface area contributed by atoms with Crippen LogP contribution in [-0.4, -0.2) is 23.0 Å². The SMILES string of the molecule is COc1ccc(Cc2nc3c(C)cccn3c2CCN)cc1. The third-order valence-electron chi connectivity index (χ3n) is 3.94. The molecule has 3 aromatic rings. The predicted molar refractivity (Wildman–Crippen MR) is 88.5 cm³/mol. The Morgan fingerprint density at radius 2 is 1.95 bits per heavy atom. The molecular formula is C18H21N3O. The van der Waals surface area contributed by atoms with Gasteiger partial charge in [-0.25, -0.2) is 4.98 Å². The fourth-order valence-electron chi connectivity index (χ4n) is 2.78. The Hall–Kier alpha value is -2.33. The molecule has 0 amide bonds. The Morgan fingerprint density at radius 1 is 1.18 bits per heavy atom. The standard InChI is InChI=1S/C18H21N3O/c1-13-4-3-11-21-17(9-10-19)16(20-18(13)21)12-14-5-7-15(22-2)8-6-14/h3-8,11H,9-10,12,19H2,1-2H3. The highest BCUT2D eigenvalue weighted by atomic mass is 16.5. The summed E-state index contributed by atoms with van der Waals surface area (Å²) in [4.78, 5) is 4.84. The van der Waals surface area contributed by atoms with E-state index in [9.17, 15) is 0 Å². The van der Waals surface area contributed by atoms with Gasteiger partial charge in [-0.1, -0.05) is 18.2 Å². The highest BCUT2D eigenvalue weighted by Gasteiger charge is 2.13. The molecule has 0 saturated carbocycles. The maximum absolute atomic E-state index is 5.79. The molecule has 0 saturated heterocycles. The minimum atomic E-state index is 0.622. The number of aryl methyl sites for hydroxylation is 1. The fraction of sp³-hybridized carbons (Fsp3) is 0.278. The zero-order chi connectivity index (χ0) is 15.5. The number of hydrogen-bond acceptors (Lipinski definition) is 3. The quantitative estimate of drug-likeness (QED) is 0.787. The van der Waals surface area contributed by atoms with Crippen molar-refractivity contribution in [2.45, 2.75) is 19.8 Å². The van der Waals surface area contributed by atoms with Gasteiger partial charge in [0.1, 0.15) is 11.4 Å². The number of pyridine rings is 1. The van der Waals surface area contributed by atoms with Gasteiger partial charge >= 0.3 is 0 Å². The van der Waals surface area contributed by atoms with E-state index < -0.39 is 0 Å². The van der Waals surface area contributed by atoms with E-state index in [1.165, 1.54) is 16.8 Å². The summed E-state index contributed by atoms with van der Waals surface area (Å²) in [6.45, 7) is 2.71. The van der Waals surface area contributed by atoms with Gasteiger partial charge in [0, 0.05) is 24.7 Å². The minimum Gasteiger partial charge on any atom is -0.497 e. The molecule has 2 aromatic heterocycles. The Bertz CT molecular complexity index is 775. The number of nitrogens with zero attached hydrogens (tertiary/aromatic N) is 2. The molecule has 0 spiro atoms. The highest BCUT2D eigenvalue weighted by molar-refractivity contribution is 5.51. The van der Waals surface area contributed by atoms with Crippen LogP contribution in [0, 0.1) is 6.92 Å². The van der Waals surface area contributed by atoms with E-state index in [2.05, 4.69) is 41.8 Å². The second-order valence-electron chi connectivity index (χ2n) is 5.45. The van der Waals surface area contributed by atoms with Gasteiger partial charge in [0.15, 0.2) is 0 Å². The smallest absolute Gasteiger partial charge is 0.140 e. The zero-order valence-corrected chi connectivity index (χ0v) is 13.0. The monoisotopic (exact) mass is 295 g/mol. The predicted octanol–water partition coefficient (Wildman–Crippen LogP) is 2.74. The second-order valence-corrected chi connectivity index (χ2v) is 5.45. The molecule has 0 aliphatic heterocycles. The van der Waals surface area contributed by atoms with E-state index in [1.807, 2.05) is 12.1 Å². The van der Waals surface area contributed by atoms with E-state index in [0.717, 1.165) is 29.9 Å². The lowest BCUT2D eigenvalue weighted by molar-refractivity contribution is 0.414. The molecule has 1 aromatic carbocycles. The number of rotatable bonds is 5. The zero-order valence-electron chi connectivity index (χ0n) is 13.0. The molecule has 4 heteroatoms. The van der Waals surface area contributed by atoms with Gasteiger partial charge in [0.2, 0.25) is 0 Å². The van der Waals surface area contributed by atoms with Gasteiger partial charge in [-0.05, 0) is 42.8 Å². The Kier molecular flexibility index (Phi) is 4.11. The molecule has 2 heterocycles. The first-order valence-corrected chi connectivity index (χ1v) is 7.51. The van der Waals surface area contributed by atoms with Crippen molar-refractivity contribution in [2.75, 3.05) is 13.7 Å². The van der Waals surface area contributed by atoms with E-state index in [4.69, 9.17) is 15.5 Å². The molecule has 22 heavy (non-hydrogen) atoms. The van der Waals surface area contributed by atoms with Gasteiger partial charge in [-0.3, -0.25) is 0 Å². The Balaban J connectivity index is 2.01. The molecular weight excluding hydrogens is 274 g/mol. The lowest BCUT2D eigenvalue weighted by atomic mass is 10.1. The van der Waals surface area contributed by atoms with Crippen molar-refractivity contribution in [1.29, 1.82) is 0 Å². The van der Waals surface area contributed by atoms with Crippen LogP contribution < -0.4 is 10.5 Å². The van der Waals surface area contributed by atoms with Crippen molar-refractivity contribution < 1.29 is 4.74 Å². The van der Waals surface area contributed by atoms with Gasteiger partial charge in [0.05, 0.1) is 12.8 Å². The number of ether oxygens (including phenoxy) is 1. The molecule has 4 nitrogen and oxygen atoms in total. The summed E-state index contributed by atoms with van der Waals surface area (Å²) in [6.07, 6.45) is 3.70. The van der Waals surface area contributed by atoms with Crippen LogP contribution >= 0.6 is 0 Å². The number of nitrogens with two attached hydrogens (primary N) is 1. The lowest BCUT2D eigenvalue weighted by Crippen LogP contribution is -2.07. The number of imidazole rings is 1. The van der Waals surface area contributed by atoms with Crippen LogP contribution in [-0.2, 0) is 12.8 Å². The third-order valence-corrected chi connectivity index (χ3v) is 3.94. The first kappa shape index (κ1) is 14.6. The maximum atomic E-state index is 5.79. The molecule has 0 fully saturated rings. The van der Waals surface area contributed by atoms with Crippen molar-refractivity contribution in [3.63, 3.8) is 0 Å². The van der Waals surface area contributed by atoms with Crippen molar-refractivity contribution >= 4 is 5.65 Å². The molecule has 3 rings (SSSR count). The van der Waals surface area contributed by atoms with Gasteiger partial charge in [-0.2, -0.15) is 0 Å². The molecule has 114 valence electrons. The lowest BCUT2D eigenvalue weighted by Gasteiger charge is -2.05. The number of benzene rings is 1. The van der Waals surface area contributed by atoms with Crippen LogP contribution in [0.1, 0.15) is 22.5 Å². The largest absolute Gasteiger partial charge is 0.497 e. The van der Waals surface area contributed by atoms with E-state index in [-0.39, 0.29) is 0 Å². The fourth-order valence-corrected chi connectivity index (χ4v) is 2.78. The molecule has 0 aliphatic rings. The maximum Gasteiger partial charge on any atom is 0.140 e. The minimum absolute atomic E-state index is 0.622. The average molecular weight is 295 g/mol. The summed E-state index contributed by atoms with van der Waals surface area (Å²) in [6, 6.07) is 12.3. The number of fused-ring (bicyclic) bond motifs is 1. The average Bonchev–Trinajstić information content (AvgIpc) is 2.88. The Labute approximate surface area is 130 Å². The van der Waals surface area contributed by atoms with Crippen molar-refractivity contribution in [3.05, 3.63) is 65.1 Å². The van der Waals surface area contributed by atoms with Crippen molar-refractivity contribution in [3.8, 4) is 5.75 Å². The summed E-state index contributed by atoms with van der Waals surface area (Å²) in [5.41, 5.74) is 11.5. The first-order valence-electron chi connectivity index (χ1n) is 7.51. The van der Waals surface area contributed by atoms with Crippen LogP contribution in [0.2, 0.25) is 0 Å². The summed E-state index contributed by atoms with van der Waals surface area (Å²) >= 11 is 0. The number of hydrogen-bond donors (Lipinski definition) is 1.